The Morgan fingerprint density at radius 3 is 2.38 bits per heavy atom. The van der Waals surface area contributed by atoms with Gasteiger partial charge in [-0.25, -0.2) is 0 Å². The highest BCUT2D eigenvalue weighted by Gasteiger charge is 2.26. The number of rotatable bonds is 2. The molecule has 0 saturated carbocycles. The van der Waals surface area contributed by atoms with Crippen molar-refractivity contribution in [2.75, 3.05) is 13.2 Å². The van der Waals surface area contributed by atoms with E-state index in [-0.39, 0.29) is 11.7 Å². The van der Waals surface area contributed by atoms with Crippen LogP contribution in [0, 0.1) is 5.41 Å². The summed E-state index contributed by atoms with van der Waals surface area (Å²) in [4.78, 5) is 0. The number of hydrogen-bond donors (Lipinski definition) is 0. The standard InChI is InChI=1S/C14H18O2/c1-14(2)10-15-13(16-11-14)9-8-12-6-4-3-5-7-12/h3-9,13H,10-11H2,1-2H3/b9-8-. The van der Waals surface area contributed by atoms with Gasteiger partial charge in [-0.05, 0) is 11.6 Å². The minimum atomic E-state index is -0.201. The van der Waals surface area contributed by atoms with Crippen LogP contribution in [0.1, 0.15) is 19.4 Å². The van der Waals surface area contributed by atoms with Crippen LogP contribution in [-0.4, -0.2) is 19.5 Å². The van der Waals surface area contributed by atoms with Crippen LogP contribution in [0.3, 0.4) is 0 Å². The Morgan fingerprint density at radius 2 is 1.75 bits per heavy atom. The minimum Gasteiger partial charge on any atom is -0.348 e. The summed E-state index contributed by atoms with van der Waals surface area (Å²) in [5.74, 6) is 0. The van der Waals surface area contributed by atoms with E-state index >= 15 is 0 Å². The maximum absolute atomic E-state index is 5.61. The first kappa shape index (κ1) is 11.4. The Hall–Kier alpha value is -1.12. The molecule has 0 aliphatic carbocycles. The SMILES string of the molecule is CC1(C)COC(/C=C\c2ccccc2)OC1. The highest BCUT2D eigenvalue weighted by Crippen LogP contribution is 2.23. The van der Waals surface area contributed by atoms with Crippen LogP contribution < -0.4 is 0 Å². The molecular weight excluding hydrogens is 200 g/mol. The van der Waals surface area contributed by atoms with Crippen LogP contribution in [0.4, 0.5) is 0 Å². The monoisotopic (exact) mass is 218 g/mol. The van der Waals surface area contributed by atoms with Gasteiger partial charge in [0.1, 0.15) is 0 Å². The average molecular weight is 218 g/mol. The van der Waals surface area contributed by atoms with Crippen LogP contribution in [0.25, 0.3) is 6.08 Å². The van der Waals surface area contributed by atoms with Crippen LogP contribution in [0.15, 0.2) is 36.4 Å². The van der Waals surface area contributed by atoms with E-state index in [1.54, 1.807) is 0 Å². The van der Waals surface area contributed by atoms with Crippen LogP contribution in [0.2, 0.25) is 0 Å². The molecule has 16 heavy (non-hydrogen) atoms. The van der Waals surface area contributed by atoms with Crippen molar-refractivity contribution in [2.24, 2.45) is 5.41 Å². The summed E-state index contributed by atoms with van der Waals surface area (Å²) in [5, 5.41) is 0. The summed E-state index contributed by atoms with van der Waals surface area (Å²) in [7, 11) is 0. The zero-order chi connectivity index (χ0) is 11.4. The molecule has 1 saturated heterocycles. The summed E-state index contributed by atoms with van der Waals surface area (Å²) in [6.45, 7) is 5.78. The molecular formula is C14H18O2. The van der Waals surface area contributed by atoms with Crippen molar-refractivity contribution in [3.05, 3.63) is 42.0 Å². The van der Waals surface area contributed by atoms with Gasteiger partial charge in [0.05, 0.1) is 13.2 Å². The van der Waals surface area contributed by atoms with Gasteiger partial charge in [-0.3, -0.25) is 0 Å². The van der Waals surface area contributed by atoms with Gasteiger partial charge >= 0.3 is 0 Å². The fourth-order valence-corrected chi connectivity index (χ4v) is 1.57. The van der Waals surface area contributed by atoms with E-state index in [1.165, 1.54) is 5.56 Å². The van der Waals surface area contributed by atoms with Gasteiger partial charge in [0, 0.05) is 5.41 Å². The van der Waals surface area contributed by atoms with Crippen molar-refractivity contribution in [1.29, 1.82) is 0 Å². The van der Waals surface area contributed by atoms with E-state index in [0.29, 0.717) is 0 Å². The quantitative estimate of drug-likeness (QED) is 0.759. The third-order valence-corrected chi connectivity index (χ3v) is 2.52. The van der Waals surface area contributed by atoms with E-state index in [4.69, 9.17) is 9.47 Å². The van der Waals surface area contributed by atoms with Crippen LogP contribution >= 0.6 is 0 Å². The zero-order valence-electron chi connectivity index (χ0n) is 9.85. The van der Waals surface area contributed by atoms with Crippen molar-refractivity contribution in [3.8, 4) is 0 Å². The maximum Gasteiger partial charge on any atom is 0.177 e. The largest absolute Gasteiger partial charge is 0.348 e. The molecule has 2 heteroatoms. The molecule has 0 atom stereocenters. The van der Waals surface area contributed by atoms with E-state index in [2.05, 4.69) is 26.0 Å². The molecule has 1 fully saturated rings. The van der Waals surface area contributed by atoms with Gasteiger partial charge in [0.25, 0.3) is 0 Å². The van der Waals surface area contributed by atoms with Crippen LogP contribution in [0.5, 0.6) is 0 Å². The average Bonchev–Trinajstić information content (AvgIpc) is 2.29. The molecule has 86 valence electrons. The number of ether oxygens (including phenoxy) is 2. The third-order valence-electron chi connectivity index (χ3n) is 2.52. The lowest BCUT2D eigenvalue weighted by atomic mass is 9.96. The fourth-order valence-electron chi connectivity index (χ4n) is 1.57. The van der Waals surface area contributed by atoms with E-state index in [9.17, 15) is 0 Å². The van der Waals surface area contributed by atoms with Gasteiger partial charge in [0.2, 0.25) is 0 Å². The van der Waals surface area contributed by atoms with Crippen molar-refractivity contribution < 1.29 is 9.47 Å². The predicted octanol–water partition coefficient (Wildman–Crippen LogP) is 3.10. The maximum atomic E-state index is 5.61. The first-order valence-electron chi connectivity index (χ1n) is 5.62. The summed E-state index contributed by atoms with van der Waals surface area (Å²) >= 11 is 0. The lowest BCUT2D eigenvalue weighted by Gasteiger charge is -2.33. The Labute approximate surface area is 96.9 Å². The highest BCUT2D eigenvalue weighted by molar-refractivity contribution is 5.48. The molecule has 0 spiro atoms. The second-order valence-corrected chi connectivity index (χ2v) is 4.92. The lowest BCUT2D eigenvalue weighted by Crippen LogP contribution is -2.36. The van der Waals surface area contributed by atoms with Crippen molar-refractivity contribution in [2.45, 2.75) is 20.1 Å². The smallest absolute Gasteiger partial charge is 0.177 e. The van der Waals surface area contributed by atoms with Gasteiger partial charge < -0.3 is 9.47 Å². The first-order valence-corrected chi connectivity index (χ1v) is 5.62. The summed E-state index contributed by atoms with van der Waals surface area (Å²) in [5.41, 5.74) is 1.30. The summed E-state index contributed by atoms with van der Waals surface area (Å²) < 4.78 is 11.2. The molecule has 0 aromatic heterocycles. The molecule has 0 unspecified atom stereocenters. The minimum absolute atomic E-state index is 0.136. The normalized spacial score (nSPS) is 21.4. The molecule has 2 rings (SSSR count). The molecule has 2 nitrogen and oxygen atoms in total. The molecule has 0 radical (unpaired) electrons. The Balaban J connectivity index is 1.90. The third kappa shape index (κ3) is 3.19. The molecule has 1 heterocycles. The number of benzene rings is 1. The van der Waals surface area contributed by atoms with E-state index < -0.39 is 0 Å². The Bertz CT molecular complexity index is 344. The predicted molar refractivity (Wildman–Crippen MR) is 64.9 cm³/mol. The molecule has 0 amide bonds. The second kappa shape index (κ2) is 4.81. The topological polar surface area (TPSA) is 18.5 Å². The Morgan fingerprint density at radius 1 is 1.12 bits per heavy atom. The van der Waals surface area contributed by atoms with Crippen molar-refractivity contribution >= 4 is 6.08 Å². The van der Waals surface area contributed by atoms with E-state index in [1.807, 2.05) is 30.4 Å². The summed E-state index contributed by atoms with van der Waals surface area (Å²) in [6.07, 6.45) is 3.79. The van der Waals surface area contributed by atoms with Gasteiger partial charge in [0.15, 0.2) is 6.29 Å². The van der Waals surface area contributed by atoms with Gasteiger partial charge in [-0.15, -0.1) is 0 Å². The van der Waals surface area contributed by atoms with E-state index in [0.717, 1.165) is 13.2 Å². The van der Waals surface area contributed by atoms with Crippen molar-refractivity contribution in [3.63, 3.8) is 0 Å². The molecule has 1 aliphatic heterocycles. The molecule has 1 aromatic carbocycles. The molecule has 1 aliphatic rings. The van der Waals surface area contributed by atoms with Gasteiger partial charge in [-0.1, -0.05) is 50.3 Å². The molecule has 0 bridgehead atoms. The van der Waals surface area contributed by atoms with Gasteiger partial charge in [-0.2, -0.15) is 0 Å². The highest BCUT2D eigenvalue weighted by atomic mass is 16.7. The first-order chi connectivity index (χ1) is 7.66. The van der Waals surface area contributed by atoms with Crippen LogP contribution in [-0.2, 0) is 9.47 Å². The number of hydrogen-bond acceptors (Lipinski definition) is 2. The summed E-state index contributed by atoms with van der Waals surface area (Å²) in [6, 6.07) is 10.2. The zero-order valence-corrected chi connectivity index (χ0v) is 9.85. The van der Waals surface area contributed by atoms with Crippen molar-refractivity contribution in [1.82, 2.24) is 0 Å². The molecule has 0 N–H and O–H groups in total. The Kier molecular flexibility index (Phi) is 3.42. The molecule has 1 aromatic rings. The fraction of sp³-hybridized carbons (Fsp3) is 0.429. The second-order valence-electron chi connectivity index (χ2n) is 4.92. The lowest BCUT2D eigenvalue weighted by molar-refractivity contribution is -0.197.